The van der Waals surface area contributed by atoms with E-state index in [2.05, 4.69) is 32.7 Å². The highest BCUT2D eigenvalue weighted by Crippen LogP contribution is 2.30. The van der Waals surface area contributed by atoms with Gasteiger partial charge in [-0.25, -0.2) is 4.98 Å². The lowest BCUT2D eigenvalue weighted by Gasteiger charge is -2.02. The Morgan fingerprint density at radius 2 is 2.17 bits per heavy atom. The van der Waals surface area contributed by atoms with Gasteiger partial charge in [-0.2, -0.15) is 0 Å². The molecule has 0 spiro atoms. The van der Waals surface area contributed by atoms with Crippen LogP contribution in [-0.4, -0.2) is 10.2 Å². The molecule has 0 aliphatic rings. The average Bonchev–Trinajstić information content (AvgIpc) is 2.31. The van der Waals surface area contributed by atoms with Gasteiger partial charge in [0.15, 0.2) is 4.34 Å². The maximum Gasteiger partial charge on any atom is 0.150 e. The van der Waals surface area contributed by atoms with Crippen molar-refractivity contribution in [1.29, 1.82) is 0 Å². The molecular weight excluding hydrogens is 186 g/mol. The predicted octanol–water partition coefficient (Wildman–Crippen LogP) is 3.65. The largest absolute Gasteiger partial charge is 0.235 e. The average molecular weight is 201 g/mol. The highest BCUT2D eigenvalue weighted by atomic mass is 32.2. The van der Waals surface area contributed by atoms with Crippen LogP contribution in [0, 0.1) is 13.8 Å². The van der Waals surface area contributed by atoms with E-state index in [0.29, 0.717) is 5.25 Å². The summed E-state index contributed by atoms with van der Waals surface area (Å²) in [5.41, 5.74) is 1.19. The second-order valence-corrected chi connectivity index (χ2v) is 5.85. The lowest BCUT2D eigenvalue weighted by Crippen LogP contribution is -1.90. The molecule has 1 heterocycles. The van der Waals surface area contributed by atoms with Gasteiger partial charge in [-0.15, -0.1) is 11.3 Å². The van der Waals surface area contributed by atoms with Crippen LogP contribution in [0.1, 0.15) is 30.8 Å². The number of rotatable bonds is 3. The van der Waals surface area contributed by atoms with E-state index in [9.17, 15) is 0 Å². The van der Waals surface area contributed by atoms with Crippen LogP contribution in [-0.2, 0) is 0 Å². The highest BCUT2D eigenvalue weighted by molar-refractivity contribution is 8.01. The molecule has 0 aliphatic carbocycles. The molecule has 0 radical (unpaired) electrons. The van der Waals surface area contributed by atoms with Crippen molar-refractivity contribution in [3.05, 3.63) is 10.6 Å². The Kier molecular flexibility index (Phi) is 3.59. The normalized spacial score (nSPS) is 13.3. The Labute approximate surface area is 82.6 Å². The van der Waals surface area contributed by atoms with Crippen LogP contribution >= 0.6 is 23.1 Å². The third-order valence-corrected chi connectivity index (χ3v) is 4.32. The van der Waals surface area contributed by atoms with Gasteiger partial charge >= 0.3 is 0 Å². The third kappa shape index (κ3) is 2.49. The zero-order chi connectivity index (χ0) is 9.14. The molecule has 1 rings (SSSR count). The fourth-order valence-electron chi connectivity index (χ4n) is 0.749. The maximum atomic E-state index is 4.48. The van der Waals surface area contributed by atoms with Crippen LogP contribution in [0.15, 0.2) is 4.34 Å². The Bertz CT molecular complexity index is 236. The second kappa shape index (κ2) is 4.28. The van der Waals surface area contributed by atoms with Crippen LogP contribution < -0.4 is 0 Å². The van der Waals surface area contributed by atoms with Crippen molar-refractivity contribution in [2.24, 2.45) is 0 Å². The van der Waals surface area contributed by atoms with E-state index >= 15 is 0 Å². The van der Waals surface area contributed by atoms with Crippen molar-refractivity contribution in [3.63, 3.8) is 0 Å². The minimum atomic E-state index is 0.690. The number of aryl methyl sites for hydroxylation is 2. The summed E-state index contributed by atoms with van der Waals surface area (Å²) in [6.45, 7) is 8.67. The van der Waals surface area contributed by atoms with Crippen LogP contribution in [0.4, 0.5) is 0 Å². The quantitative estimate of drug-likeness (QED) is 0.692. The van der Waals surface area contributed by atoms with Crippen molar-refractivity contribution in [2.75, 3.05) is 0 Å². The molecular formula is C9H15NS2. The van der Waals surface area contributed by atoms with Gasteiger partial charge in [-0.1, -0.05) is 25.6 Å². The standard InChI is InChI=1S/C9H15NS2/c1-5-6(2)11-9-10-7(3)8(4)12-9/h6H,5H2,1-4H3. The van der Waals surface area contributed by atoms with Crippen LogP contribution in [0.25, 0.3) is 0 Å². The van der Waals surface area contributed by atoms with Gasteiger partial charge in [0.2, 0.25) is 0 Å². The summed E-state index contributed by atoms with van der Waals surface area (Å²) >= 11 is 3.70. The lowest BCUT2D eigenvalue weighted by molar-refractivity contribution is 0.904. The van der Waals surface area contributed by atoms with E-state index in [0.717, 1.165) is 0 Å². The van der Waals surface area contributed by atoms with Crippen LogP contribution in [0.2, 0.25) is 0 Å². The number of hydrogen-bond donors (Lipinski definition) is 0. The molecule has 1 atom stereocenters. The number of thiazole rings is 1. The van der Waals surface area contributed by atoms with E-state index in [1.807, 2.05) is 23.1 Å². The molecule has 0 aliphatic heterocycles. The molecule has 1 aromatic heterocycles. The molecule has 1 nitrogen and oxygen atoms in total. The Morgan fingerprint density at radius 1 is 1.50 bits per heavy atom. The van der Waals surface area contributed by atoms with E-state index in [1.54, 1.807) is 0 Å². The molecule has 0 saturated carbocycles. The molecule has 12 heavy (non-hydrogen) atoms. The SMILES string of the molecule is CCC(C)Sc1nc(C)c(C)s1. The van der Waals surface area contributed by atoms with Crippen molar-refractivity contribution in [1.82, 2.24) is 4.98 Å². The van der Waals surface area contributed by atoms with Gasteiger partial charge < -0.3 is 0 Å². The van der Waals surface area contributed by atoms with Crippen LogP contribution in [0.3, 0.4) is 0 Å². The molecule has 3 heteroatoms. The molecule has 1 unspecified atom stereocenters. The Balaban J connectivity index is 2.64. The van der Waals surface area contributed by atoms with Gasteiger partial charge in [-0.05, 0) is 20.3 Å². The minimum absolute atomic E-state index is 0.690. The molecule has 0 N–H and O–H groups in total. The fourth-order valence-corrected chi connectivity index (χ4v) is 3.15. The first-order chi connectivity index (χ1) is 5.63. The molecule has 0 amide bonds. The number of hydrogen-bond acceptors (Lipinski definition) is 3. The second-order valence-electron chi connectivity index (χ2n) is 2.96. The summed E-state index contributed by atoms with van der Waals surface area (Å²) in [6.07, 6.45) is 1.21. The predicted molar refractivity (Wildman–Crippen MR) is 57.2 cm³/mol. The zero-order valence-electron chi connectivity index (χ0n) is 8.05. The molecule has 0 bridgehead atoms. The number of nitrogens with zero attached hydrogens (tertiary/aromatic N) is 1. The van der Waals surface area contributed by atoms with Crippen molar-refractivity contribution >= 4 is 23.1 Å². The van der Waals surface area contributed by atoms with E-state index in [1.165, 1.54) is 21.3 Å². The number of aromatic nitrogens is 1. The molecule has 0 aromatic carbocycles. The van der Waals surface area contributed by atoms with Crippen LogP contribution in [0.5, 0.6) is 0 Å². The molecule has 0 fully saturated rings. The molecule has 0 saturated heterocycles. The summed E-state index contributed by atoms with van der Waals surface area (Å²) in [5.74, 6) is 0. The highest BCUT2D eigenvalue weighted by Gasteiger charge is 2.07. The monoisotopic (exact) mass is 201 g/mol. The lowest BCUT2D eigenvalue weighted by atomic mass is 10.4. The van der Waals surface area contributed by atoms with Gasteiger partial charge in [0.05, 0.1) is 5.69 Å². The van der Waals surface area contributed by atoms with Gasteiger partial charge in [-0.3, -0.25) is 0 Å². The zero-order valence-corrected chi connectivity index (χ0v) is 9.68. The minimum Gasteiger partial charge on any atom is -0.235 e. The van der Waals surface area contributed by atoms with E-state index in [4.69, 9.17) is 0 Å². The fraction of sp³-hybridized carbons (Fsp3) is 0.667. The first kappa shape index (κ1) is 10.1. The summed E-state index contributed by atoms with van der Waals surface area (Å²) in [5, 5.41) is 0.690. The van der Waals surface area contributed by atoms with Gasteiger partial charge in [0.25, 0.3) is 0 Å². The van der Waals surface area contributed by atoms with E-state index < -0.39 is 0 Å². The van der Waals surface area contributed by atoms with Crippen molar-refractivity contribution < 1.29 is 0 Å². The van der Waals surface area contributed by atoms with Gasteiger partial charge in [0, 0.05) is 10.1 Å². The first-order valence-corrected chi connectivity index (χ1v) is 5.93. The molecule has 1 aromatic rings. The topological polar surface area (TPSA) is 12.9 Å². The van der Waals surface area contributed by atoms with Gasteiger partial charge in [0.1, 0.15) is 0 Å². The number of thioether (sulfide) groups is 1. The summed E-state index contributed by atoms with van der Waals surface area (Å²) in [7, 11) is 0. The molecule has 68 valence electrons. The smallest absolute Gasteiger partial charge is 0.150 e. The maximum absolute atomic E-state index is 4.48. The summed E-state index contributed by atoms with van der Waals surface area (Å²) in [4.78, 5) is 5.83. The van der Waals surface area contributed by atoms with E-state index in [-0.39, 0.29) is 0 Å². The van der Waals surface area contributed by atoms with Crippen molar-refractivity contribution in [2.45, 2.75) is 43.7 Å². The summed E-state index contributed by atoms with van der Waals surface area (Å²) < 4.78 is 1.22. The third-order valence-electron chi connectivity index (χ3n) is 1.89. The Morgan fingerprint density at radius 3 is 2.58 bits per heavy atom. The Hall–Kier alpha value is -0.0200. The first-order valence-electron chi connectivity index (χ1n) is 4.24. The van der Waals surface area contributed by atoms with Crippen molar-refractivity contribution in [3.8, 4) is 0 Å². The summed E-state index contributed by atoms with van der Waals surface area (Å²) in [6, 6.07) is 0.